The summed E-state index contributed by atoms with van der Waals surface area (Å²) in [6, 6.07) is 0.519. The first-order valence-corrected chi connectivity index (χ1v) is 10.4. The fourth-order valence-corrected chi connectivity index (χ4v) is 4.42. The van der Waals surface area contributed by atoms with Crippen molar-refractivity contribution in [2.45, 2.75) is 44.9 Å². The Labute approximate surface area is 169 Å². The molecule has 2 N–H and O–H groups in total. The van der Waals surface area contributed by atoms with Gasteiger partial charge in [-0.25, -0.2) is 0 Å². The van der Waals surface area contributed by atoms with Crippen LogP contribution in [0, 0.1) is 0 Å². The van der Waals surface area contributed by atoms with E-state index in [0.717, 1.165) is 30.8 Å². The number of halogens is 1. The van der Waals surface area contributed by atoms with Crippen molar-refractivity contribution in [1.82, 2.24) is 20.4 Å². The maximum absolute atomic E-state index is 4.82. The number of aliphatic imine (C=N–C) groups is 1. The van der Waals surface area contributed by atoms with Gasteiger partial charge in [0.25, 0.3) is 0 Å². The highest BCUT2D eigenvalue weighted by atomic mass is 127. The fraction of sp³-hybridized carbons (Fsp3) is 0.941. The van der Waals surface area contributed by atoms with Crippen LogP contribution in [0.15, 0.2) is 4.99 Å². The Kier molecular flexibility index (Phi) is 11.7. The van der Waals surface area contributed by atoms with Gasteiger partial charge in [-0.3, -0.25) is 9.89 Å². The SMILES string of the molecule is CCNC(=NCC(C)N1CCN(CC)CC1)NCC1CCCS1.I. The minimum Gasteiger partial charge on any atom is -0.357 e. The minimum atomic E-state index is 0. The van der Waals surface area contributed by atoms with Crippen molar-refractivity contribution < 1.29 is 0 Å². The second kappa shape index (κ2) is 12.6. The summed E-state index contributed by atoms with van der Waals surface area (Å²) >= 11 is 2.09. The smallest absolute Gasteiger partial charge is 0.191 e. The first-order chi connectivity index (χ1) is 11.2. The molecule has 5 nitrogen and oxygen atoms in total. The predicted molar refractivity (Wildman–Crippen MR) is 118 cm³/mol. The van der Waals surface area contributed by atoms with E-state index in [9.17, 15) is 0 Å². The molecule has 2 heterocycles. The normalized spacial score (nSPS) is 24.5. The first-order valence-electron chi connectivity index (χ1n) is 9.33. The number of piperazine rings is 1. The minimum absolute atomic E-state index is 0. The van der Waals surface area contributed by atoms with E-state index in [1.807, 2.05) is 0 Å². The predicted octanol–water partition coefficient (Wildman–Crippen LogP) is 2.08. The Morgan fingerprint density at radius 1 is 1.21 bits per heavy atom. The summed E-state index contributed by atoms with van der Waals surface area (Å²) in [4.78, 5) is 9.92. The van der Waals surface area contributed by atoms with Crippen molar-refractivity contribution >= 4 is 41.7 Å². The van der Waals surface area contributed by atoms with Crippen LogP contribution in [0.4, 0.5) is 0 Å². The standard InChI is InChI=1S/C17H35N5S.HI/c1-4-18-17(20-14-16-7-6-12-23-16)19-13-15(3)22-10-8-21(5-2)9-11-22;/h15-16H,4-14H2,1-3H3,(H2,18,19,20);1H. The lowest BCUT2D eigenvalue weighted by molar-refractivity contribution is 0.109. The largest absolute Gasteiger partial charge is 0.357 e. The highest BCUT2D eigenvalue weighted by Gasteiger charge is 2.20. The van der Waals surface area contributed by atoms with Gasteiger partial charge < -0.3 is 15.5 Å². The summed E-state index contributed by atoms with van der Waals surface area (Å²) in [5.74, 6) is 2.31. The van der Waals surface area contributed by atoms with Gasteiger partial charge in [-0.15, -0.1) is 24.0 Å². The van der Waals surface area contributed by atoms with Crippen LogP contribution in [0.5, 0.6) is 0 Å². The lowest BCUT2D eigenvalue weighted by Crippen LogP contribution is -2.50. The molecule has 142 valence electrons. The molecule has 0 radical (unpaired) electrons. The van der Waals surface area contributed by atoms with Gasteiger partial charge in [0.2, 0.25) is 0 Å². The van der Waals surface area contributed by atoms with E-state index in [1.165, 1.54) is 51.3 Å². The molecule has 2 atom stereocenters. The molecule has 0 aromatic carbocycles. The molecule has 2 saturated heterocycles. The Hall–Kier alpha value is 0.270. The van der Waals surface area contributed by atoms with Gasteiger partial charge in [0.15, 0.2) is 5.96 Å². The Bertz CT molecular complexity index is 355. The topological polar surface area (TPSA) is 42.9 Å². The highest BCUT2D eigenvalue weighted by molar-refractivity contribution is 14.0. The van der Waals surface area contributed by atoms with Gasteiger partial charge in [0, 0.05) is 50.6 Å². The zero-order chi connectivity index (χ0) is 16.5. The van der Waals surface area contributed by atoms with Crippen molar-refractivity contribution in [2.24, 2.45) is 4.99 Å². The van der Waals surface area contributed by atoms with Gasteiger partial charge in [0.05, 0.1) is 6.54 Å². The molecular formula is C17H36IN5S. The number of guanidine groups is 1. The average molecular weight is 469 g/mol. The monoisotopic (exact) mass is 469 g/mol. The summed E-state index contributed by atoms with van der Waals surface area (Å²) in [6.45, 7) is 15.4. The Morgan fingerprint density at radius 2 is 1.96 bits per heavy atom. The molecule has 0 aromatic rings. The van der Waals surface area contributed by atoms with Crippen molar-refractivity contribution in [3.05, 3.63) is 0 Å². The molecule has 0 bridgehead atoms. The summed E-state index contributed by atoms with van der Waals surface area (Å²) < 4.78 is 0. The van der Waals surface area contributed by atoms with Crippen molar-refractivity contribution in [3.8, 4) is 0 Å². The number of likely N-dealkylation sites (N-methyl/N-ethyl adjacent to an activating group) is 1. The van der Waals surface area contributed by atoms with E-state index in [1.54, 1.807) is 0 Å². The van der Waals surface area contributed by atoms with Gasteiger partial charge in [-0.2, -0.15) is 11.8 Å². The Balaban J connectivity index is 0.00000288. The number of rotatable bonds is 7. The molecule has 2 rings (SSSR count). The van der Waals surface area contributed by atoms with Crippen molar-refractivity contribution in [3.63, 3.8) is 0 Å². The molecule has 2 fully saturated rings. The average Bonchev–Trinajstić information content (AvgIpc) is 3.10. The molecule has 7 heteroatoms. The molecule has 24 heavy (non-hydrogen) atoms. The van der Waals surface area contributed by atoms with Crippen LogP contribution in [0.1, 0.15) is 33.6 Å². The molecule has 2 unspecified atom stereocenters. The lowest BCUT2D eigenvalue weighted by Gasteiger charge is -2.37. The third kappa shape index (κ3) is 7.66. The van der Waals surface area contributed by atoms with E-state index in [-0.39, 0.29) is 24.0 Å². The fourth-order valence-electron chi connectivity index (χ4n) is 3.22. The van der Waals surface area contributed by atoms with Crippen LogP contribution in [0.2, 0.25) is 0 Å². The summed E-state index contributed by atoms with van der Waals surface area (Å²) in [6.07, 6.45) is 2.71. The lowest BCUT2D eigenvalue weighted by atomic mass is 10.2. The maximum Gasteiger partial charge on any atom is 0.191 e. The molecule has 0 spiro atoms. The van der Waals surface area contributed by atoms with Crippen LogP contribution in [-0.2, 0) is 0 Å². The summed E-state index contributed by atoms with van der Waals surface area (Å²) in [5, 5.41) is 7.67. The molecule has 2 aliphatic heterocycles. The maximum atomic E-state index is 4.82. The molecule has 0 aliphatic carbocycles. The number of nitrogens with one attached hydrogen (secondary N) is 2. The summed E-state index contributed by atoms with van der Waals surface area (Å²) in [7, 11) is 0. The van der Waals surface area contributed by atoms with Crippen LogP contribution < -0.4 is 10.6 Å². The second-order valence-electron chi connectivity index (χ2n) is 6.55. The molecule has 0 amide bonds. The van der Waals surface area contributed by atoms with Gasteiger partial charge in [0.1, 0.15) is 0 Å². The van der Waals surface area contributed by atoms with Crippen molar-refractivity contribution in [1.29, 1.82) is 0 Å². The summed E-state index contributed by atoms with van der Waals surface area (Å²) in [5.41, 5.74) is 0. The van der Waals surface area contributed by atoms with Crippen LogP contribution >= 0.6 is 35.7 Å². The van der Waals surface area contributed by atoms with E-state index in [0.29, 0.717) is 6.04 Å². The van der Waals surface area contributed by atoms with E-state index in [4.69, 9.17) is 4.99 Å². The van der Waals surface area contributed by atoms with E-state index in [2.05, 4.69) is 53.0 Å². The van der Waals surface area contributed by atoms with E-state index >= 15 is 0 Å². The molecular weight excluding hydrogens is 433 g/mol. The zero-order valence-electron chi connectivity index (χ0n) is 15.6. The highest BCUT2D eigenvalue weighted by Crippen LogP contribution is 2.25. The van der Waals surface area contributed by atoms with Crippen LogP contribution in [0.3, 0.4) is 0 Å². The first kappa shape index (κ1) is 22.3. The zero-order valence-corrected chi connectivity index (χ0v) is 18.7. The number of thioether (sulfide) groups is 1. The Morgan fingerprint density at radius 3 is 2.54 bits per heavy atom. The van der Waals surface area contributed by atoms with Gasteiger partial charge >= 0.3 is 0 Å². The number of hydrogen-bond donors (Lipinski definition) is 2. The molecule has 2 aliphatic rings. The van der Waals surface area contributed by atoms with Crippen molar-refractivity contribution in [2.75, 3.05) is 58.1 Å². The van der Waals surface area contributed by atoms with Crippen LogP contribution in [-0.4, -0.2) is 85.2 Å². The number of hydrogen-bond acceptors (Lipinski definition) is 4. The van der Waals surface area contributed by atoms with Gasteiger partial charge in [-0.05, 0) is 39.0 Å². The van der Waals surface area contributed by atoms with Gasteiger partial charge in [-0.1, -0.05) is 6.92 Å². The molecule has 0 aromatic heterocycles. The number of nitrogens with zero attached hydrogens (tertiary/aromatic N) is 3. The van der Waals surface area contributed by atoms with E-state index < -0.39 is 0 Å². The third-order valence-corrected chi connectivity index (χ3v) is 6.25. The quantitative estimate of drug-likeness (QED) is 0.340. The second-order valence-corrected chi connectivity index (χ2v) is 7.96. The third-order valence-electron chi connectivity index (χ3n) is 4.86. The molecule has 0 saturated carbocycles. The van der Waals surface area contributed by atoms with Crippen LogP contribution in [0.25, 0.3) is 0 Å².